The number of hydrogen-bond acceptors (Lipinski definition) is 5. The van der Waals surface area contributed by atoms with Crippen molar-refractivity contribution in [1.29, 1.82) is 0 Å². The Morgan fingerprint density at radius 2 is 2.14 bits per heavy atom. The van der Waals surface area contributed by atoms with Crippen LogP contribution in [0.2, 0.25) is 0 Å². The fourth-order valence-corrected chi connectivity index (χ4v) is 4.17. The van der Waals surface area contributed by atoms with Crippen LogP contribution in [0, 0.1) is 0 Å². The molecule has 0 aliphatic carbocycles. The van der Waals surface area contributed by atoms with Crippen LogP contribution in [-0.2, 0) is 11.2 Å². The first-order valence-corrected chi connectivity index (χ1v) is 10.1. The monoisotopic (exact) mass is 380 g/mol. The highest BCUT2D eigenvalue weighted by Crippen LogP contribution is 2.30. The van der Waals surface area contributed by atoms with Gasteiger partial charge in [0.05, 0.1) is 18.8 Å². The van der Waals surface area contributed by atoms with Crippen molar-refractivity contribution in [3.8, 4) is 0 Å². The summed E-state index contributed by atoms with van der Waals surface area (Å²) in [5.41, 5.74) is 2.86. The SMILES string of the molecule is CC(CNc1ncccc1C(=O)N1CCc2ccccc21)N1CCOCC1C. The normalized spacial score (nSPS) is 20.6. The molecule has 2 aromatic rings. The number of ether oxygens (including phenoxy) is 1. The van der Waals surface area contributed by atoms with Crippen LogP contribution in [0.4, 0.5) is 11.5 Å². The molecule has 1 aromatic heterocycles. The summed E-state index contributed by atoms with van der Waals surface area (Å²) in [6, 6.07) is 12.5. The van der Waals surface area contributed by atoms with Crippen LogP contribution in [0.25, 0.3) is 0 Å². The number of morpholine rings is 1. The summed E-state index contributed by atoms with van der Waals surface area (Å²) in [7, 11) is 0. The second-order valence-corrected chi connectivity index (χ2v) is 7.63. The number of carbonyl (C=O) groups excluding carboxylic acids is 1. The number of nitrogens with zero attached hydrogens (tertiary/aromatic N) is 3. The Hall–Kier alpha value is -2.44. The van der Waals surface area contributed by atoms with Gasteiger partial charge >= 0.3 is 0 Å². The Morgan fingerprint density at radius 1 is 1.29 bits per heavy atom. The molecule has 0 radical (unpaired) electrons. The molecule has 3 heterocycles. The predicted octanol–water partition coefficient (Wildman–Crippen LogP) is 2.81. The van der Waals surface area contributed by atoms with Crippen LogP contribution in [-0.4, -0.2) is 60.7 Å². The van der Waals surface area contributed by atoms with E-state index in [1.807, 2.05) is 35.2 Å². The second-order valence-electron chi connectivity index (χ2n) is 7.63. The number of anilines is 2. The van der Waals surface area contributed by atoms with E-state index < -0.39 is 0 Å². The van der Waals surface area contributed by atoms with E-state index in [0.717, 1.165) is 38.4 Å². The predicted molar refractivity (Wildman–Crippen MR) is 111 cm³/mol. The third kappa shape index (κ3) is 3.75. The zero-order valence-electron chi connectivity index (χ0n) is 16.6. The van der Waals surface area contributed by atoms with Crippen molar-refractivity contribution in [1.82, 2.24) is 9.88 Å². The Balaban J connectivity index is 1.47. The van der Waals surface area contributed by atoms with Gasteiger partial charge < -0.3 is 15.0 Å². The number of amides is 1. The van der Waals surface area contributed by atoms with Crippen LogP contribution < -0.4 is 10.2 Å². The lowest BCUT2D eigenvalue weighted by molar-refractivity contribution is -0.0159. The van der Waals surface area contributed by atoms with Crippen molar-refractivity contribution in [2.75, 3.05) is 43.1 Å². The number of fused-ring (bicyclic) bond motifs is 1. The summed E-state index contributed by atoms with van der Waals surface area (Å²) in [5, 5.41) is 3.42. The number of para-hydroxylation sites is 1. The van der Waals surface area contributed by atoms with Gasteiger partial charge in [0, 0.05) is 43.6 Å². The molecule has 0 spiro atoms. The highest BCUT2D eigenvalue weighted by atomic mass is 16.5. The number of pyridine rings is 1. The van der Waals surface area contributed by atoms with Crippen molar-refractivity contribution in [3.05, 3.63) is 53.7 Å². The van der Waals surface area contributed by atoms with Crippen LogP contribution in [0.15, 0.2) is 42.6 Å². The fraction of sp³-hybridized carbons (Fsp3) is 0.455. The van der Waals surface area contributed by atoms with Crippen molar-refractivity contribution < 1.29 is 9.53 Å². The van der Waals surface area contributed by atoms with Gasteiger partial charge in [0.25, 0.3) is 5.91 Å². The highest BCUT2D eigenvalue weighted by molar-refractivity contribution is 6.10. The summed E-state index contributed by atoms with van der Waals surface area (Å²) in [6.07, 6.45) is 2.63. The average Bonchev–Trinajstić information content (AvgIpc) is 3.16. The Labute approximate surface area is 166 Å². The van der Waals surface area contributed by atoms with E-state index in [9.17, 15) is 4.79 Å². The maximum Gasteiger partial charge on any atom is 0.262 e. The molecular formula is C22H28N4O2. The molecule has 6 nitrogen and oxygen atoms in total. The Kier molecular flexibility index (Phi) is 5.59. The van der Waals surface area contributed by atoms with Gasteiger partial charge in [-0.15, -0.1) is 0 Å². The summed E-state index contributed by atoms with van der Waals surface area (Å²) in [5.74, 6) is 0.664. The van der Waals surface area contributed by atoms with E-state index in [0.29, 0.717) is 30.0 Å². The molecule has 4 rings (SSSR count). The van der Waals surface area contributed by atoms with Crippen LogP contribution >= 0.6 is 0 Å². The summed E-state index contributed by atoms with van der Waals surface area (Å²) in [6.45, 7) is 8.32. The smallest absolute Gasteiger partial charge is 0.262 e. The van der Waals surface area contributed by atoms with Crippen molar-refractivity contribution in [2.24, 2.45) is 0 Å². The maximum atomic E-state index is 13.2. The van der Waals surface area contributed by atoms with Gasteiger partial charge in [-0.2, -0.15) is 0 Å². The number of rotatable bonds is 5. The minimum absolute atomic E-state index is 0.00736. The fourth-order valence-electron chi connectivity index (χ4n) is 4.17. The van der Waals surface area contributed by atoms with Gasteiger partial charge in [0.1, 0.15) is 5.82 Å². The first kappa shape index (κ1) is 18.9. The molecule has 148 valence electrons. The van der Waals surface area contributed by atoms with Gasteiger partial charge in [-0.1, -0.05) is 18.2 Å². The van der Waals surface area contributed by atoms with Gasteiger partial charge in [-0.25, -0.2) is 4.98 Å². The van der Waals surface area contributed by atoms with Crippen molar-refractivity contribution in [3.63, 3.8) is 0 Å². The van der Waals surface area contributed by atoms with E-state index in [4.69, 9.17) is 4.74 Å². The molecule has 2 unspecified atom stereocenters. The van der Waals surface area contributed by atoms with Gasteiger partial charge in [0.15, 0.2) is 0 Å². The summed E-state index contributed by atoms with van der Waals surface area (Å²) >= 11 is 0. The van der Waals surface area contributed by atoms with Crippen LogP contribution in [0.5, 0.6) is 0 Å². The molecule has 1 saturated heterocycles. The summed E-state index contributed by atoms with van der Waals surface area (Å²) < 4.78 is 5.54. The molecule has 2 aliphatic heterocycles. The average molecular weight is 380 g/mol. The lowest BCUT2D eigenvalue weighted by Crippen LogP contribution is -2.50. The van der Waals surface area contributed by atoms with Gasteiger partial charge in [-0.05, 0) is 44.0 Å². The van der Waals surface area contributed by atoms with E-state index in [-0.39, 0.29) is 5.91 Å². The molecule has 1 aromatic carbocycles. The third-order valence-electron chi connectivity index (χ3n) is 5.72. The number of hydrogen-bond donors (Lipinski definition) is 1. The minimum Gasteiger partial charge on any atom is -0.379 e. The topological polar surface area (TPSA) is 57.7 Å². The Morgan fingerprint density at radius 3 is 3.00 bits per heavy atom. The van der Waals surface area contributed by atoms with E-state index in [1.165, 1.54) is 5.56 Å². The quantitative estimate of drug-likeness (QED) is 0.864. The second kappa shape index (κ2) is 8.29. The van der Waals surface area contributed by atoms with E-state index in [1.54, 1.807) is 6.20 Å². The van der Waals surface area contributed by atoms with Gasteiger partial charge in [-0.3, -0.25) is 9.69 Å². The van der Waals surface area contributed by atoms with E-state index in [2.05, 4.69) is 35.1 Å². The minimum atomic E-state index is 0.00736. The standard InChI is InChI=1S/C22H28N4O2/c1-16(25-12-13-28-15-17(25)2)14-24-21-19(7-5-10-23-21)22(27)26-11-9-18-6-3-4-8-20(18)26/h3-8,10,16-17H,9,11-15H2,1-2H3,(H,23,24). The van der Waals surface area contributed by atoms with Crippen molar-refractivity contribution >= 4 is 17.4 Å². The van der Waals surface area contributed by atoms with E-state index >= 15 is 0 Å². The van der Waals surface area contributed by atoms with Crippen LogP contribution in [0.3, 0.4) is 0 Å². The molecule has 1 N–H and O–H groups in total. The van der Waals surface area contributed by atoms with Crippen LogP contribution in [0.1, 0.15) is 29.8 Å². The molecule has 2 atom stereocenters. The number of aromatic nitrogens is 1. The van der Waals surface area contributed by atoms with Crippen molar-refractivity contribution in [2.45, 2.75) is 32.4 Å². The largest absolute Gasteiger partial charge is 0.379 e. The lowest BCUT2D eigenvalue weighted by Gasteiger charge is -2.38. The molecule has 28 heavy (non-hydrogen) atoms. The molecule has 1 fully saturated rings. The molecule has 0 saturated carbocycles. The number of benzene rings is 1. The third-order valence-corrected chi connectivity index (χ3v) is 5.72. The number of nitrogens with one attached hydrogen (secondary N) is 1. The molecule has 2 aliphatic rings. The number of carbonyl (C=O) groups is 1. The molecule has 6 heteroatoms. The molecule has 1 amide bonds. The van der Waals surface area contributed by atoms with Gasteiger partial charge in [0.2, 0.25) is 0 Å². The first-order valence-electron chi connectivity index (χ1n) is 10.1. The summed E-state index contributed by atoms with van der Waals surface area (Å²) in [4.78, 5) is 22.0. The highest BCUT2D eigenvalue weighted by Gasteiger charge is 2.28. The Bertz CT molecular complexity index is 841. The first-order chi connectivity index (χ1) is 13.6. The maximum absolute atomic E-state index is 13.2. The zero-order chi connectivity index (χ0) is 19.5. The molecule has 0 bridgehead atoms. The lowest BCUT2D eigenvalue weighted by atomic mass is 10.1. The zero-order valence-corrected chi connectivity index (χ0v) is 16.6. The molecular weight excluding hydrogens is 352 g/mol.